The van der Waals surface area contributed by atoms with Crippen LogP contribution in [0.2, 0.25) is 0 Å². The minimum absolute atomic E-state index is 0.382. The predicted molar refractivity (Wildman–Crippen MR) is 111 cm³/mol. The van der Waals surface area contributed by atoms with Crippen molar-refractivity contribution in [1.82, 2.24) is 14.5 Å². The molecule has 140 valence electrons. The Morgan fingerprint density at radius 3 is 2.57 bits per heavy atom. The van der Waals surface area contributed by atoms with Crippen LogP contribution in [-0.4, -0.2) is 27.6 Å². The molecule has 2 aromatic heterocycles. The first-order valence-electron chi connectivity index (χ1n) is 8.84. The lowest BCUT2D eigenvalue weighted by atomic mass is 9.94. The van der Waals surface area contributed by atoms with E-state index >= 15 is 0 Å². The van der Waals surface area contributed by atoms with Gasteiger partial charge in [0.15, 0.2) is 5.16 Å². The zero-order valence-corrected chi connectivity index (χ0v) is 16.4. The normalized spacial score (nSPS) is 10.9. The minimum atomic E-state index is -0.382. The molecule has 4 rings (SSSR count). The van der Waals surface area contributed by atoms with Gasteiger partial charge in [-0.05, 0) is 11.6 Å². The highest BCUT2D eigenvalue weighted by Crippen LogP contribution is 2.35. The van der Waals surface area contributed by atoms with Crippen LogP contribution in [0.1, 0.15) is 16.1 Å². The first-order valence-corrected chi connectivity index (χ1v) is 9.83. The van der Waals surface area contributed by atoms with Crippen molar-refractivity contribution in [2.45, 2.75) is 10.9 Å². The lowest BCUT2D eigenvalue weighted by Gasteiger charge is -2.16. The number of methoxy groups -OCH3 is 1. The molecule has 2 aromatic carbocycles. The number of benzene rings is 2. The number of aryl methyl sites for hydroxylation is 1. The van der Waals surface area contributed by atoms with Crippen molar-refractivity contribution in [2.24, 2.45) is 7.05 Å². The summed E-state index contributed by atoms with van der Waals surface area (Å²) in [6, 6.07) is 17.8. The van der Waals surface area contributed by atoms with Gasteiger partial charge in [0.2, 0.25) is 0 Å². The molecule has 0 saturated carbocycles. The first-order chi connectivity index (χ1) is 13.7. The van der Waals surface area contributed by atoms with E-state index in [-0.39, 0.29) is 5.97 Å². The van der Waals surface area contributed by atoms with Crippen LogP contribution in [0, 0.1) is 0 Å². The second-order valence-corrected chi connectivity index (χ2v) is 7.24. The number of ether oxygens (including phenoxy) is 1. The fourth-order valence-corrected chi connectivity index (χ4v) is 4.09. The van der Waals surface area contributed by atoms with Crippen molar-refractivity contribution in [1.29, 1.82) is 0 Å². The maximum absolute atomic E-state index is 12.8. The molecule has 6 heteroatoms. The average Bonchev–Trinajstić information content (AvgIpc) is 3.15. The summed E-state index contributed by atoms with van der Waals surface area (Å²) in [6.45, 7) is 0. The predicted octanol–water partition coefficient (Wildman–Crippen LogP) is 4.71. The third-order valence-corrected chi connectivity index (χ3v) is 5.60. The van der Waals surface area contributed by atoms with Gasteiger partial charge in [-0.25, -0.2) is 9.78 Å². The highest BCUT2D eigenvalue weighted by molar-refractivity contribution is 7.98. The molecule has 0 aliphatic carbocycles. The van der Waals surface area contributed by atoms with Gasteiger partial charge in [-0.1, -0.05) is 60.3 Å². The smallest absolute Gasteiger partial charge is 0.340 e. The van der Waals surface area contributed by atoms with Crippen molar-refractivity contribution in [3.63, 3.8) is 0 Å². The SMILES string of the molecule is COC(=O)c1c(CSc2nccn2C)nc2ccccc2c1-c1ccccc1. The van der Waals surface area contributed by atoms with Gasteiger partial charge in [0.1, 0.15) is 0 Å². The molecule has 5 nitrogen and oxygen atoms in total. The van der Waals surface area contributed by atoms with Crippen LogP contribution in [0.4, 0.5) is 0 Å². The number of thioether (sulfide) groups is 1. The van der Waals surface area contributed by atoms with Crippen LogP contribution in [-0.2, 0) is 17.5 Å². The molecule has 28 heavy (non-hydrogen) atoms. The summed E-state index contributed by atoms with van der Waals surface area (Å²) in [5.74, 6) is 0.132. The fourth-order valence-electron chi connectivity index (χ4n) is 3.22. The second kappa shape index (κ2) is 7.86. The van der Waals surface area contributed by atoms with Gasteiger partial charge >= 0.3 is 5.97 Å². The van der Waals surface area contributed by atoms with E-state index < -0.39 is 0 Å². The van der Waals surface area contributed by atoms with E-state index in [9.17, 15) is 4.79 Å². The van der Waals surface area contributed by atoms with E-state index in [0.717, 1.165) is 27.2 Å². The van der Waals surface area contributed by atoms with E-state index in [1.807, 2.05) is 72.4 Å². The molecule has 0 radical (unpaired) electrons. The number of hydrogen-bond acceptors (Lipinski definition) is 5. The van der Waals surface area contributed by atoms with Crippen LogP contribution in [0.25, 0.3) is 22.0 Å². The molecular weight excluding hydrogens is 370 g/mol. The van der Waals surface area contributed by atoms with Crippen molar-refractivity contribution >= 4 is 28.6 Å². The van der Waals surface area contributed by atoms with Crippen molar-refractivity contribution in [3.8, 4) is 11.1 Å². The Morgan fingerprint density at radius 2 is 1.86 bits per heavy atom. The van der Waals surface area contributed by atoms with E-state index in [1.54, 1.807) is 18.0 Å². The summed E-state index contributed by atoms with van der Waals surface area (Å²) >= 11 is 1.54. The Hall–Kier alpha value is -3.12. The van der Waals surface area contributed by atoms with Gasteiger partial charge < -0.3 is 9.30 Å². The Bertz CT molecular complexity index is 1140. The molecule has 0 spiro atoms. The van der Waals surface area contributed by atoms with Crippen LogP contribution >= 0.6 is 11.8 Å². The molecule has 0 unspecified atom stereocenters. The largest absolute Gasteiger partial charge is 0.465 e. The molecular formula is C22H19N3O2S. The van der Waals surface area contributed by atoms with Gasteiger partial charge in [0.25, 0.3) is 0 Å². The van der Waals surface area contributed by atoms with Crippen LogP contribution in [0.5, 0.6) is 0 Å². The number of aromatic nitrogens is 3. The molecule has 0 aliphatic rings. The standard InChI is InChI=1S/C22H19N3O2S/c1-25-13-12-23-22(25)28-14-18-20(21(26)27-2)19(15-8-4-3-5-9-15)16-10-6-7-11-17(16)24-18/h3-13H,14H2,1-2H3. The molecule has 0 bridgehead atoms. The summed E-state index contributed by atoms with van der Waals surface area (Å²) in [7, 11) is 3.35. The van der Waals surface area contributed by atoms with E-state index in [1.165, 1.54) is 7.11 Å². The number of nitrogens with zero attached hydrogens (tertiary/aromatic N) is 3. The van der Waals surface area contributed by atoms with Crippen molar-refractivity contribution < 1.29 is 9.53 Å². The number of para-hydroxylation sites is 1. The highest BCUT2D eigenvalue weighted by Gasteiger charge is 2.23. The fraction of sp³-hybridized carbons (Fsp3) is 0.136. The van der Waals surface area contributed by atoms with Crippen LogP contribution in [0.3, 0.4) is 0 Å². The molecule has 0 saturated heterocycles. The number of pyridine rings is 1. The zero-order chi connectivity index (χ0) is 19.5. The molecule has 4 aromatic rings. The summed E-state index contributed by atoms with van der Waals surface area (Å²) in [4.78, 5) is 22.0. The first kappa shape index (κ1) is 18.3. The van der Waals surface area contributed by atoms with Crippen LogP contribution < -0.4 is 0 Å². The number of fused-ring (bicyclic) bond motifs is 1. The van der Waals surface area contributed by atoms with E-state index in [0.29, 0.717) is 17.0 Å². The number of carbonyl (C=O) groups is 1. The van der Waals surface area contributed by atoms with E-state index in [2.05, 4.69) is 4.98 Å². The Kier molecular flexibility index (Phi) is 5.12. The van der Waals surface area contributed by atoms with Gasteiger partial charge in [-0.3, -0.25) is 4.98 Å². The summed E-state index contributed by atoms with van der Waals surface area (Å²) in [5, 5.41) is 1.80. The Morgan fingerprint density at radius 1 is 1.11 bits per heavy atom. The summed E-state index contributed by atoms with van der Waals surface area (Å²) in [5.41, 5.74) is 3.87. The third-order valence-electron chi connectivity index (χ3n) is 4.53. The molecule has 0 fully saturated rings. The summed E-state index contributed by atoms with van der Waals surface area (Å²) < 4.78 is 7.09. The third kappa shape index (κ3) is 3.39. The van der Waals surface area contributed by atoms with Gasteiger partial charge in [0.05, 0.1) is 23.9 Å². The molecule has 0 atom stereocenters. The number of carbonyl (C=O) groups excluding carboxylic acids is 1. The zero-order valence-electron chi connectivity index (χ0n) is 15.6. The minimum Gasteiger partial charge on any atom is -0.465 e. The second-order valence-electron chi connectivity index (χ2n) is 6.29. The Balaban J connectivity index is 1.93. The quantitative estimate of drug-likeness (QED) is 0.365. The lowest BCUT2D eigenvalue weighted by molar-refractivity contribution is 0.0600. The average molecular weight is 389 g/mol. The molecule has 2 heterocycles. The maximum Gasteiger partial charge on any atom is 0.340 e. The Labute approximate surface area is 167 Å². The highest BCUT2D eigenvalue weighted by atomic mass is 32.2. The van der Waals surface area contributed by atoms with Gasteiger partial charge in [0, 0.05) is 36.1 Å². The number of esters is 1. The lowest BCUT2D eigenvalue weighted by Crippen LogP contribution is -2.10. The number of hydrogen-bond donors (Lipinski definition) is 0. The van der Waals surface area contributed by atoms with Crippen molar-refractivity contribution in [2.75, 3.05) is 7.11 Å². The van der Waals surface area contributed by atoms with E-state index in [4.69, 9.17) is 9.72 Å². The van der Waals surface area contributed by atoms with Crippen molar-refractivity contribution in [3.05, 3.63) is 78.2 Å². The summed E-state index contributed by atoms with van der Waals surface area (Å²) in [6.07, 6.45) is 3.65. The van der Waals surface area contributed by atoms with Gasteiger partial charge in [-0.15, -0.1) is 0 Å². The number of imidazole rings is 1. The number of rotatable bonds is 5. The maximum atomic E-state index is 12.8. The molecule has 0 amide bonds. The molecule has 0 N–H and O–H groups in total. The van der Waals surface area contributed by atoms with Gasteiger partial charge in [-0.2, -0.15) is 0 Å². The topological polar surface area (TPSA) is 57.0 Å². The molecule has 0 aliphatic heterocycles. The van der Waals surface area contributed by atoms with Crippen LogP contribution in [0.15, 0.2) is 72.1 Å². The monoisotopic (exact) mass is 389 g/mol.